The van der Waals surface area contributed by atoms with Gasteiger partial charge in [-0.05, 0) is 42.2 Å². The van der Waals surface area contributed by atoms with Crippen LogP contribution in [0.5, 0.6) is 0 Å². The van der Waals surface area contributed by atoms with Crippen molar-refractivity contribution in [3.63, 3.8) is 0 Å². The first kappa shape index (κ1) is 20.6. The van der Waals surface area contributed by atoms with Gasteiger partial charge in [-0.25, -0.2) is 4.98 Å². The van der Waals surface area contributed by atoms with Gasteiger partial charge >= 0.3 is 0 Å². The number of hydrogen-bond donors (Lipinski definition) is 0. The minimum Gasteiger partial charge on any atom is -0.381 e. The van der Waals surface area contributed by atoms with Crippen molar-refractivity contribution in [1.29, 1.82) is 0 Å². The van der Waals surface area contributed by atoms with Crippen molar-refractivity contribution in [3.8, 4) is 11.3 Å². The highest BCUT2D eigenvalue weighted by atomic mass is 35.5. The molecule has 1 atom stereocenters. The van der Waals surface area contributed by atoms with Crippen molar-refractivity contribution in [1.82, 2.24) is 14.5 Å². The summed E-state index contributed by atoms with van der Waals surface area (Å²) in [5, 5.41) is 1.86. The summed E-state index contributed by atoms with van der Waals surface area (Å²) in [5.74, 6) is 0.426. The van der Waals surface area contributed by atoms with Gasteiger partial charge in [0.25, 0.3) is 0 Å². The summed E-state index contributed by atoms with van der Waals surface area (Å²) in [6.07, 6.45) is 2.82. The molecular formula is C23H26ClN3S. The first-order valence-electron chi connectivity index (χ1n) is 9.25. The van der Waals surface area contributed by atoms with Crippen LogP contribution in [0.25, 0.3) is 11.3 Å². The van der Waals surface area contributed by atoms with E-state index in [9.17, 15) is 0 Å². The summed E-state index contributed by atoms with van der Waals surface area (Å²) in [5.41, 5.74) is 4.58. The normalized spacial score (nSPS) is 12.0. The molecule has 0 fully saturated rings. The van der Waals surface area contributed by atoms with E-state index in [1.54, 1.807) is 11.8 Å². The SMILES string of the molecule is C=C(C[C@@H](C)c1ccc(-c2ncn(C)c2Sc2ccc(Cl)cc2)cc1)N(C)C. The molecule has 0 N–H and O–H groups in total. The van der Waals surface area contributed by atoms with Crippen LogP contribution >= 0.6 is 23.4 Å². The number of hydrogen-bond acceptors (Lipinski definition) is 3. The highest BCUT2D eigenvalue weighted by Gasteiger charge is 2.14. The molecular weight excluding hydrogens is 386 g/mol. The Labute approximate surface area is 177 Å². The zero-order valence-electron chi connectivity index (χ0n) is 16.8. The van der Waals surface area contributed by atoms with Gasteiger partial charge in [0.15, 0.2) is 0 Å². The largest absolute Gasteiger partial charge is 0.381 e. The predicted octanol–water partition coefficient (Wildman–Crippen LogP) is 6.46. The number of benzene rings is 2. The maximum Gasteiger partial charge on any atom is 0.107 e. The molecule has 0 bridgehead atoms. The van der Waals surface area contributed by atoms with Crippen LogP contribution in [0.3, 0.4) is 0 Å². The van der Waals surface area contributed by atoms with Gasteiger partial charge in [-0.15, -0.1) is 0 Å². The van der Waals surface area contributed by atoms with Gasteiger partial charge in [-0.2, -0.15) is 0 Å². The molecule has 0 spiro atoms. The van der Waals surface area contributed by atoms with Crippen LogP contribution in [-0.2, 0) is 7.05 Å². The van der Waals surface area contributed by atoms with Gasteiger partial charge in [0.2, 0.25) is 0 Å². The molecule has 0 unspecified atom stereocenters. The van der Waals surface area contributed by atoms with Crippen molar-refractivity contribution >= 4 is 23.4 Å². The Bertz CT molecular complexity index is 943. The first-order valence-corrected chi connectivity index (χ1v) is 10.4. The Morgan fingerprint density at radius 1 is 1.14 bits per heavy atom. The Hall–Kier alpha value is -2.17. The summed E-state index contributed by atoms with van der Waals surface area (Å²) in [6, 6.07) is 16.6. The molecule has 1 heterocycles. The number of aryl methyl sites for hydroxylation is 1. The Kier molecular flexibility index (Phi) is 6.53. The van der Waals surface area contributed by atoms with Crippen LogP contribution < -0.4 is 0 Å². The van der Waals surface area contributed by atoms with Crippen molar-refractivity contribution in [2.75, 3.05) is 14.1 Å². The molecule has 146 valence electrons. The molecule has 0 radical (unpaired) electrons. The minimum atomic E-state index is 0.426. The maximum absolute atomic E-state index is 6.01. The van der Waals surface area contributed by atoms with E-state index < -0.39 is 0 Å². The fourth-order valence-electron chi connectivity index (χ4n) is 2.98. The lowest BCUT2D eigenvalue weighted by Gasteiger charge is -2.20. The molecule has 0 amide bonds. The minimum absolute atomic E-state index is 0.426. The van der Waals surface area contributed by atoms with Crippen LogP contribution in [0.15, 0.2) is 77.1 Å². The molecule has 1 aromatic heterocycles. The quantitative estimate of drug-likeness (QED) is 0.445. The first-order chi connectivity index (χ1) is 13.3. The van der Waals surface area contributed by atoms with E-state index in [1.165, 1.54) is 5.56 Å². The van der Waals surface area contributed by atoms with Crippen molar-refractivity contribution in [2.24, 2.45) is 7.05 Å². The highest BCUT2D eigenvalue weighted by molar-refractivity contribution is 7.99. The standard InChI is InChI=1S/C23H26ClN3S/c1-16(14-17(2)26(3)4)18-6-8-19(9-7-18)22-23(27(5)15-25-22)28-21-12-10-20(24)11-13-21/h6-13,15-16H,2,14H2,1,3-5H3/t16-/m1/s1. The lowest BCUT2D eigenvalue weighted by molar-refractivity contribution is 0.474. The van der Waals surface area contributed by atoms with Gasteiger partial charge in [-0.1, -0.05) is 61.1 Å². The van der Waals surface area contributed by atoms with Crippen LogP contribution in [0.2, 0.25) is 5.02 Å². The van der Waals surface area contributed by atoms with E-state index in [0.717, 1.165) is 38.3 Å². The van der Waals surface area contributed by atoms with E-state index >= 15 is 0 Å². The van der Waals surface area contributed by atoms with E-state index in [2.05, 4.69) is 52.2 Å². The van der Waals surface area contributed by atoms with Gasteiger partial charge in [0, 0.05) is 42.3 Å². The smallest absolute Gasteiger partial charge is 0.107 e. The van der Waals surface area contributed by atoms with Crippen molar-refractivity contribution < 1.29 is 0 Å². The van der Waals surface area contributed by atoms with Gasteiger partial charge in [0.1, 0.15) is 10.7 Å². The number of allylic oxidation sites excluding steroid dienone is 1. The fraction of sp³-hybridized carbons (Fsp3) is 0.261. The summed E-state index contributed by atoms with van der Waals surface area (Å²) in [6.45, 7) is 6.39. The average Bonchev–Trinajstić information content (AvgIpc) is 3.04. The molecule has 0 saturated heterocycles. The average molecular weight is 412 g/mol. The second kappa shape index (κ2) is 8.89. The van der Waals surface area contributed by atoms with Gasteiger partial charge in [-0.3, -0.25) is 0 Å². The lowest BCUT2D eigenvalue weighted by atomic mass is 9.95. The third-order valence-corrected chi connectivity index (χ3v) is 6.27. The van der Waals surface area contributed by atoms with E-state index in [0.29, 0.717) is 5.92 Å². The monoisotopic (exact) mass is 411 g/mol. The van der Waals surface area contributed by atoms with E-state index in [1.807, 2.05) is 51.7 Å². The Balaban J connectivity index is 1.81. The third kappa shape index (κ3) is 4.81. The number of nitrogens with zero attached hydrogens (tertiary/aromatic N) is 3. The maximum atomic E-state index is 6.01. The van der Waals surface area contributed by atoms with Crippen LogP contribution in [-0.4, -0.2) is 28.5 Å². The van der Waals surface area contributed by atoms with E-state index in [-0.39, 0.29) is 0 Å². The van der Waals surface area contributed by atoms with E-state index in [4.69, 9.17) is 11.6 Å². The highest BCUT2D eigenvalue weighted by Crippen LogP contribution is 2.36. The molecule has 3 rings (SSSR count). The molecule has 5 heteroatoms. The number of aromatic nitrogens is 2. The molecule has 0 aliphatic heterocycles. The van der Waals surface area contributed by atoms with Crippen LogP contribution in [0, 0.1) is 0 Å². The number of imidazole rings is 1. The summed E-state index contributed by atoms with van der Waals surface area (Å²) in [4.78, 5) is 7.86. The zero-order valence-corrected chi connectivity index (χ0v) is 18.4. The molecule has 3 aromatic rings. The summed E-state index contributed by atoms with van der Waals surface area (Å²) >= 11 is 7.70. The molecule has 0 aliphatic rings. The molecule has 28 heavy (non-hydrogen) atoms. The van der Waals surface area contributed by atoms with Crippen molar-refractivity contribution in [2.45, 2.75) is 29.2 Å². The zero-order chi connectivity index (χ0) is 20.3. The summed E-state index contributed by atoms with van der Waals surface area (Å²) < 4.78 is 2.06. The second-order valence-electron chi connectivity index (χ2n) is 7.25. The molecule has 0 aliphatic carbocycles. The van der Waals surface area contributed by atoms with Gasteiger partial charge in [0.05, 0.1) is 6.33 Å². The Morgan fingerprint density at radius 2 is 1.79 bits per heavy atom. The third-order valence-electron chi connectivity index (χ3n) is 4.84. The van der Waals surface area contributed by atoms with Crippen LogP contribution in [0.4, 0.5) is 0 Å². The number of rotatable bonds is 7. The second-order valence-corrected chi connectivity index (χ2v) is 8.75. The predicted molar refractivity (Wildman–Crippen MR) is 120 cm³/mol. The lowest BCUT2D eigenvalue weighted by Crippen LogP contribution is -2.12. The Morgan fingerprint density at radius 3 is 2.39 bits per heavy atom. The molecule has 0 saturated carbocycles. The topological polar surface area (TPSA) is 21.1 Å². The summed E-state index contributed by atoms with van der Waals surface area (Å²) in [7, 11) is 6.11. The number of halogens is 1. The van der Waals surface area contributed by atoms with Crippen molar-refractivity contribution in [3.05, 3.63) is 77.7 Å². The molecule has 3 nitrogen and oxygen atoms in total. The van der Waals surface area contributed by atoms with Crippen LogP contribution in [0.1, 0.15) is 24.8 Å². The molecule has 2 aromatic carbocycles. The fourth-order valence-corrected chi connectivity index (χ4v) is 4.05. The van der Waals surface area contributed by atoms with Gasteiger partial charge < -0.3 is 9.47 Å².